The molecule has 0 aromatic heterocycles. The first kappa shape index (κ1) is 8.53. The minimum atomic E-state index is -0.181. The van der Waals surface area contributed by atoms with E-state index in [0.29, 0.717) is 6.04 Å². The van der Waals surface area contributed by atoms with Crippen molar-refractivity contribution in [3.63, 3.8) is 0 Å². The summed E-state index contributed by atoms with van der Waals surface area (Å²) in [6, 6.07) is 0.472. The summed E-state index contributed by atoms with van der Waals surface area (Å²) in [6.45, 7) is 2.13. The van der Waals surface area contributed by atoms with Gasteiger partial charge in [-0.3, -0.25) is 9.69 Å². The van der Waals surface area contributed by atoms with Crippen LogP contribution in [0.4, 0.5) is 0 Å². The Morgan fingerprint density at radius 2 is 2.18 bits per heavy atom. The maximum atomic E-state index is 10.9. The molecule has 1 aliphatic rings. The Morgan fingerprint density at radius 1 is 1.55 bits per heavy atom. The molecule has 0 aromatic rings. The van der Waals surface area contributed by atoms with E-state index in [1.807, 2.05) is 7.05 Å². The van der Waals surface area contributed by atoms with Crippen molar-refractivity contribution >= 4 is 5.91 Å². The molecule has 0 radical (unpaired) electrons. The highest BCUT2D eigenvalue weighted by molar-refractivity contribution is 5.79. The highest BCUT2D eigenvalue weighted by Crippen LogP contribution is 2.20. The van der Waals surface area contributed by atoms with Crippen molar-refractivity contribution < 1.29 is 4.79 Å². The van der Waals surface area contributed by atoms with Crippen LogP contribution < -0.4 is 5.73 Å². The second kappa shape index (κ2) is 3.22. The van der Waals surface area contributed by atoms with Gasteiger partial charge in [-0.25, -0.2) is 0 Å². The molecular formula is C8H16N2O. The molecular weight excluding hydrogens is 140 g/mol. The smallest absolute Gasteiger partial charge is 0.234 e. The first-order valence-electron chi connectivity index (χ1n) is 4.14. The first-order chi connectivity index (χ1) is 5.13. The molecule has 0 saturated carbocycles. The second-order valence-corrected chi connectivity index (χ2v) is 3.36. The number of hydrogen-bond donors (Lipinski definition) is 1. The molecule has 3 nitrogen and oxygen atoms in total. The van der Waals surface area contributed by atoms with Gasteiger partial charge in [0.2, 0.25) is 5.91 Å². The summed E-state index contributed by atoms with van der Waals surface area (Å²) in [4.78, 5) is 13.0. The fraction of sp³-hybridized carbons (Fsp3) is 0.875. The summed E-state index contributed by atoms with van der Waals surface area (Å²) in [5.41, 5.74) is 5.24. The molecule has 64 valence electrons. The molecule has 11 heavy (non-hydrogen) atoms. The topological polar surface area (TPSA) is 46.3 Å². The highest BCUT2D eigenvalue weighted by atomic mass is 16.1. The van der Waals surface area contributed by atoms with Crippen molar-refractivity contribution in [2.45, 2.75) is 38.3 Å². The number of nitrogens with zero attached hydrogens (tertiary/aromatic N) is 1. The fourth-order valence-corrected chi connectivity index (χ4v) is 1.66. The number of amides is 1. The lowest BCUT2D eigenvalue weighted by Gasteiger charge is -2.35. The van der Waals surface area contributed by atoms with E-state index in [-0.39, 0.29) is 11.9 Å². The van der Waals surface area contributed by atoms with Crippen molar-refractivity contribution in [2.24, 2.45) is 5.73 Å². The molecule has 0 bridgehead atoms. The number of nitrogens with two attached hydrogens (primary N) is 1. The van der Waals surface area contributed by atoms with Crippen molar-refractivity contribution in [2.75, 3.05) is 7.05 Å². The van der Waals surface area contributed by atoms with Crippen molar-refractivity contribution in [3.05, 3.63) is 0 Å². The van der Waals surface area contributed by atoms with E-state index in [1.165, 1.54) is 6.42 Å². The third-order valence-electron chi connectivity index (χ3n) is 2.61. The van der Waals surface area contributed by atoms with Gasteiger partial charge in [-0.15, -0.1) is 0 Å². The molecule has 0 spiro atoms. The first-order valence-corrected chi connectivity index (χ1v) is 4.14. The number of rotatable bonds is 1. The summed E-state index contributed by atoms with van der Waals surface area (Å²) in [6.07, 6.45) is 3.23. The summed E-state index contributed by atoms with van der Waals surface area (Å²) in [5.74, 6) is -0.181. The third-order valence-corrected chi connectivity index (χ3v) is 2.61. The summed E-state index contributed by atoms with van der Waals surface area (Å²) >= 11 is 0. The van der Waals surface area contributed by atoms with Gasteiger partial charge in [-0.1, -0.05) is 0 Å². The molecule has 0 aromatic carbocycles. The third kappa shape index (κ3) is 1.71. The lowest BCUT2D eigenvalue weighted by molar-refractivity contribution is -0.124. The molecule has 0 aliphatic carbocycles. The zero-order chi connectivity index (χ0) is 8.43. The van der Waals surface area contributed by atoms with Gasteiger partial charge in [-0.05, 0) is 33.2 Å². The maximum Gasteiger partial charge on any atom is 0.234 e. The molecule has 1 rings (SSSR count). The lowest BCUT2D eigenvalue weighted by Crippen LogP contribution is -2.49. The van der Waals surface area contributed by atoms with E-state index in [2.05, 4.69) is 11.8 Å². The van der Waals surface area contributed by atoms with Crippen LogP contribution in [0.15, 0.2) is 0 Å². The Bertz CT molecular complexity index is 158. The van der Waals surface area contributed by atoms with Crippen LogP contribution >= 0.6 is 0 Å². The Hall–Kier alpha value is -0.570. The van der Waals surface area contributed by atoms with Crippen molar-refractivity contribution in [1.29, 1.82) is 0 Å². The Kier molecular flexibility index (Phi) is 2.49. The number of carbonyl (C=O) groups excluding carboxylic acids is 1. The van der Waals surface area contributed by atoms with Crippen LogP contribution in [0.3, 0.4) is 0 Å². The minimum Gasteiger partial charge on any atom is -0.368 e. The van der Waals surface area contributed by atoms with E-state index in [9.17, 15) is 4.79 Å². The number of likely N-dealkylation sites (N-methyl/N-ethyl adjacent to an activating group) is 1. The van der Waals surface area contributed by atoms with Crippen LogP contribution in [0.5, 0.6) is 0 Å². The zero-order valence-electron chi connectivity index (χ0n) is 7.21. The van der Waals surface area contributed by atoms with Gasteiger partial charge < -0.3 is 5.73 Å². The Labute approximate surface area is 67.5 Å². The second-order valence-electron chi connectivity index (χ2n) is 3.36. The lowest BCUT2D eigenvalue weighted by atomic mass is 9.97. The highest BCUT2D eigenvalue weighted by Gasteiger charge is 2.27. The van der Waals surface area contributed by atoms with Crippen LogP contribution in [0, 0.1) is 0 Å². The molecule has 1 heterocycles. The number of piperidine rings is 1. The molecule has 1 fully saturated rings. The normalized spacial score (nSPS) is 33.6. The van der Waals surface area contributed by atoms with E-state index in [1.54, 1.807) is 0 Å². The summed E-state index contributed by atoms with van der Waals surface area (Å²) in [5, 5.41) is 0. The van der Waals surface area contributed by atoms with Crippen LogP contribution in [0.25, 0.3) is 0 Å². The number of hydrogen-bond acceptors (Lipinski definition) is 2. The largest absolute Gasteiger partial charge is 0.368 e. The monoisotopic (exact) mass is 156 g/mol. The average Bonchev–Trinajstić information content (AvgIpc) is 1.94. The molecule has 2 N–H and O–H groups in total. The molecule has 2 unspecified atom stereocenters. The number of likely N-dealkylation sites (tertiary alicyclic amines) is 1. The number of carbonyl (C=O) groups is 1. The molecule has 3 heteroatoms. The van der Waals surface area contributed by atoms with Gasteiger partial charge in [0.1, 0.15) is 0 Å². The van der Waals surface area contributed by atoms with Gasteiger partial charge >= 0.3 is 0 Å². The minimum absolute atomic E-state index is 0.0289. The standard InChI is InChI=1S/C8H16N2O/c1-6-4-3-5-7(8(9)11)10(6)2/h6-7H,3-5H2,1-2H3,(H2,9,11). The maximum absolute atomic E-state index is 10.9. The van der Waals surface area contributed by atoms with Gasteiger partial charge in [0.05, 0.1) is 6.04 Å². The van der Waals surface area contributed by atoms with Gasteiger partial charge in [0.15, 0.2) is 0 Å². The Morgan fingerprint density at radius 3 is 2.64 bits per heavy atom. The van der Waals surface area contributed by atoms with Crippen LogP contribution in [-0.2, 0) is 4.79 Å². The van der Waals surface area contributed by atoms with Crippen LogP contribution in [0.1, 0.15) is 26.2 Å². The zero-order valence-corrected chi connectivity index (χ0v) is 7.21. The SMILES string of the molecule is CC1CCCC(C(N)=O)N1C. The molecule has 1 amide bonds. The van der Waals surface area contributed by atoms with Crippen LogP contribution in [0.2, 0.25) is 0 Å². The molecule has 2 atom stereocenters. The van der Waals surface area contributed by atoms with E-state index < -0.39 is 0 Å². The van der Waals surface area contributed by atoms with Crippen molar-refractivity contribution in [3.8, 4) is 0 Å². The molecule has 1 saturated heterocycles. The quantitative estimate of drug-likeness (QED) is 0.595. The van der Waals surface area contributed by atoms with Gasteiger partial charge in [0.25, 0.3) is 0 Å². The van der Waals surface area contributed by atoms with E-state index in [0.717, 1.165) is 12.8 Å². The fourth-order valence-electron chi connectivity index (χ4n) is 1.66. The van der Waals surface area contributed by atoms with E-state index in [4.69, 9.17) is 5.73 Å². The average molecular weight is 156 g/mol. The Balaban J connectivity index is 2.58. The summed E-state index contributed by atoms with van der Waals surface area (Å²) < 4.78 is 0. The van der Waals surface area contributed by atoms with Crippen LogP contribution in [-0.4, -0.2) is 29.9 Å². The van der Waals surface area contributed by atoms with Gasteiger partial charge in [0, 0.05) is 6.04 Å². The molecule has 1 aliphatic heterocycles. The van der Waals surface area contributed by atoms with E-state index >= 15 is 0 Å². The predicted octanol–water partition coefficient (Wildman–Crippen LogP) is 0.344. The predicted molar refractivity (Wildman–Crippen MR) is 44.1 cm³/mol. The van der Waals surface area contributed by atoms with Gasteiger partial charge in [-0.2, -0.15) is 0 Å². The summed E-state index contributed by atoms with van der Waals surface area (Å²) in [7, 11) is 1.97. The number of primary amides is 1. The van der Waals surface area contributed by atoms with Crippen molar-refractivity contribution in [1.82, 2.24) is 4.90 Å².